The van der Waals surface area contributed by atoms with Gasteiger partial charge < -0.3 is 15.4 Å². The second-order valence-electron chi connectivity index (χ2n) is 4.59. The maximum absolute atomic E-state index is 12.0. The maximum Gasteiger partial charge on any atom is 0.411 e. The van der Waals surface area contributed by atoms with Crippen molar-refractivity contribution in [2.45, 2.75) is 6.42 Å². The number of nitrogens with one attached hydrogen (secondary N) is 2. The van der Waals surface area contributed by atoms with E-state index in [9.17, 15) is 9.59 Å². The summed E-state index contributed by atoms with van der Waals surface area (Å²) < 4.78 is 4.79. The van der Waals surface area contributed by atoms with Gasteiger partial charge in [0.2, 0.25) is 0 Å². The van der Waals surface area contributed by atoms with E-state index in [0.717, 1.165) is 24.2 Å². The zero-order valence-corrected chi connectivity index (χ0v) is 10.4. The number of cyclic esters (lactones) is 1. The molecule has 0 aliphatic carbocycles. The Kier molecular flexibility index (Phi) is 2.98. The van der Waals surface area contributed by atoms with Gasteiger partial charge in [0.1, 0.15) is 6.61 Å². The largest absolute Gasteiger partial charge is 0.447 e. The molecule has 0 unspecified atom stereocenters. The van der Waals surface area contributed by atoms with Crippen LogP contribution >= 0.6 is 0 Å². The Balaban J connectivity index is 1.62. The first-order valence-corrected chi connectivity index (χ1v) is 6.31. The van der Waals surface area contributed by atoms with Gasteiger partial charge in [-0.2, -0.15) is 0 Å². The number of nitrogens with zero attached hydrogens (tertiary/aromatic N) is 1. The number of hydrogen-bond acceptors (Lipinski definition) is 4. The summed E-state index contributed by atoms with van der Waals surface area (Å²) in [6.45, 7) is 2.01. The maximum atomic E-state index is 12.0. The molecule has 0 atom stereocenters. The number of amides is 2. The third-order valence-corrected chi connectivity index (χ3v) is 3.35. The van der Waals surface area contributed by atoms with Crippen molar-refractivity contribution >= 4 is 17.7 Å². The van der Waals surface area contributed by atoms with Gasteiger partial charge in [-0.1, -0.05) is 0 Å². The molecule has 0 saturated carbocycles. The zero-order chi connectivity index (χ0) is 13.2. The summed E-state index contributed by atoms with van der Waals surface area (Å²) in [5, 5.41) is 5.98. The zero-order valence-electron chi connectivity index (χ0n) is 10.4. The summed E-state index contributed by atoms with van der Waals surface area (Å²) >= 11 is 0. The smallest absolute Gasteiger partial charge is 0.411 e. The average Bonchev–Trinajstić information content (AvgIpc) is 3.03. The highest BCUT2D eigenvalue weighted by Crippen LogP contribution is 2.22. The van der Waals surface area contributed by atoms with Gasteiger partial charge in [0.15, 0.2) is 0 Å². The van der Waals surface area contributed by atoms with Crippen LogP contribution in [0.3, 0.4) is 0 Å². The van der Waals surface area contributed by atoms with Crippen LogP contribution in [0.4, 0.5) is 10.5 Å². The molecule has 1 aromatic carbocycles. The SMILES string of the molecule is O=C(NCN1CCOC1=O)c1ccc2c(c1)CCN2. The molecule has 0 bridgehead atoms. The van der Waals surface area contributed by atoms with E-state index in [1.54, 1.807) is 6.07 Å². The summed E-state index contributed by atoms with van der Waals surface area (Å²) in [5.41, 5.74) is 2.88. The van der Waals surface area contributed by atoms with Gasteiger partial charge in [-0.15, -0.1) is 0 Å². The number of rotatable bonds is 3. The van der Waals surface area contributed by atoms with Crippen LogP contribution in [0.25, 0.3) is 0 Å². The van der Waals surface area contributed by atoms with Crippen LogP contribution in [0.15, 0.2) is 18.2 Å². The van der Waals surface area contributed by atoms with Gasteiger partial charge in [-0.05, 0) is 30.2 Å². The van der Waals surface area contributed by atoms with E-state index >= 15 is 0 Å². The molecule has 1 aromatic rings. The molecule has 1 saturated heterocycles. The van der Waals surface area contributed by atoms with Crippen LogP contribution in [0.2, 0.25) is 0 Å². The Labute approximate surface area is 110 Å². The summed E-state index contributed by atoms with van der Waals surface area (Å²) in [6, 6.07) is 5.60. The first-order chi connectivity index (χ1) is 9.24. The molecule has 2 N–H and O–H groups in total. The van der Waals surface area contributed by atoms with Crippen molar-refractivity contribution in [3.05, 3.63) is 29.3 Å². The van der Waals surface area contributed by atoms with E-state index in [4.69, 9.17) is 4.74 Å². The molecule has 2 amide bonds. The first-order valence-electron chi connectivity index (χ1n) is 6.31. The predicted octanol–water partition coefficient (Wildman–Crippen LogP) is 0.794. The van der Waals surface area contributed by atoms with Crippen LogP contribution in [-0.2, 0) is 11.2 Å². The third-order valence-electron chi connectivity index (χ3n) is 3.35. The Morgan fingerprint density at radius 1 is 1.47 bits per heavy atom. The van der Waals surface area contributed by atoms with Gasteiger partial charge in [0.05, 0.1) is 13.2 Å². The standard InChI is InChI=1S/C13H15N3O3/c17-12(15-8-16-5-6-19-13(16)18)10-1-2-11-9(7-10)3-4-14-11/h1-2,7,14H,3-6,8H2,(H,15,17). The number of carbonyl (C=O) groups is 2. The minimum atomic E-state index is -0.376. The van der Waals surface area contributed by atoms with E-state index in [2.05, 4.69) is 10.6 Å². The minimum Gasteiger partial charge on any atom is -0.447 e. The molecule has 19 heavy (non-hydrogen) atoms. The Bertz CT molecular complexity index is 530. The summed E-state index contributed by atoms with van der Waals surface area (Å²) in [5.74, 6) is -0.172. The lowest BCUT2D eigenvalue weighted by Crippen LogP contribution is -2.38. The third kappa shape index (κ3) is 2.33. The summed E-state index contributed by atoms with van der Waals surface area (Å²) in [4.78, 5) is 24.7. The van der Waals surface area contributed by atoms with E-state index in [-0.39, 0.29) is 18.7 Å². The van der Waals surface area contributed by atoms with Crippen molar-refractivity contribution in [2.24, 2.45) is 0 Å². The molecular formula is C13H15N3O3. The molecule has 2 aliphatic heterocycles. The fourth-order valence-electron chi connectivity index (χ4n) is 2.28. The Morgan fingerprint density at radius 2 is 2.37 bits per heavy atom. The lowest BCUT2D eigenvalue weighted by molar-refractivity contribution is 0.0932. The average molecular weight is 261 g/mol. The molecule has 100 valence electrons. The number of fused-ring (bicyclic) bond motifs is 1. The molecule has 0 radical (unpaired) electrons. The monoisotopic (exact) mass is 261 g/mol. The number of carbonyl (C=O) groups excluding carboxylic acids is 2. The van der Waals surface area contributed by atoms with Crippen molar-refractivity contribution in [1.82, 2.24) is 10.2 Å². The Morgan fingerprint density at radius 3 is 3.16 bits per heavy atom. The van der Waals surface area contributed by atoms with Crippen LogP contribution in [0, 0.1) is 0 Å². The van der Waals surface area contributed by atoms with Crippen LogP contribution in [-0.4, -0.2) is 43.3 Å². The minimum absolute atomic E-state index is 0.172. The van der Waals surface area contributed by atoms with Crippen molar-refractivity contribution in [3.63, 3.8) is 0 Å². The highest BCUT2D eigenvalue weighted by molar-refractivity contribution is 5.95. The number of ether oxygens (including phenoxy) is 1. The normalized spacial score (nSPS) is 16.8. The first kappa shape index (κ1) is 11.8. The van der Waals surface area contributed by atoms with Crippen molar-refractivity contribution in [3.8, 4) is 0 Å². The molecule has 1 fully saturated rings. The number of benzene rings is 1. The molecule has 2 heterocycles. The van der Waals surface area contributed by atoms with Crippen molar-refractivity contribution in [2.75, 3.05) is 31.7 Å². The Hall–Kier alpha value is -2.24. The lowest BCUT2D eigenvalue weighted by Gasteiger charge is -2.13. The second-order valence-corrected chi connectivity index (χ2v) is 4.59. The molecule has 6 heteroatoms. The van der Waals surface area contributed by atoms with Crippen molar-refractivity contribution < 1.29 is 14.3 Å². The predicted molar refractivity (Wildman–Crippen MR) is 69.0 cm³/mol. The fraction of sp³-hybridized carbons (Fsp3) is 0.385. The van der Waals surface area contributed by atoms with Gasteiger partial charge in [-0.3, -0.25) is 9.69 Å². The molecular weight excluding hydrogens is 246 g/mol. The number of anilines is 1. The van der Waals surface area contributed by atoms with Crippen LogP contribution in [0.1, 0.15) is 15.9 Å². The van der Waals surface area contributed by atoms with Gasteiger partial charge in [-0.25, -0.2) is 4.79 Å². The van der Waals surface area contributed by atoms with E-state index in [1.807, 2.05) is 12.1 Å². The van der Waals surface area contributed by atoms with E-state index in [0.29, 0.717) is 18.7 Å². The highest BCUT2D eigenvalue weighted by Gasteiger charge is 2.22. The molecule has 3 rings (SSSR count). The van der Waals surface area contributed by atoms with Crippen LogP contribution < -0.4 is 10.6 Å². The van der Waals surface area contributed by atoms with Crippen LogP contribution in [0.5, 0.6) is 0 Å². The molecule has 0 aromatic heterocycles. The molecule has 0 spiro atoms. The van der Waals surface area contributed by atoms with Gasteiger partial charge in [0, 0.05) is 17.8 Å². The number of hydrogen-bond donors (Lipinski definition) is 2. The quantitative estimate of drug-likeness (QED) is 0.844. The highest BCUT2D eigenvalue weighted by atomic mass is 16.6. The molecule has 6 nitrogen and oxygen atoms in total. The van der Waals surface area contributed by atoms with Crippen molar-refractivity contribution in [1.29, 1.82) is 0 Å². The topological polar surface area (TPSA) is 70.7 Å². The van der Waals surface area contributed by atoms with Gasteiger partial charge in [0.25, 0.3) is 5.91 Å². The molecule has 2 aliphatic rings. The lowest BCUT2D eigenvalue weighted by atomic mass is 10.1. The van der Waals surface area contributed by atoms with E-state index in [1.165, 1.54) is 4.90 Å². The second kappa shape index (κ2) is 4.79. The summed E-state index contributed by atoms with van der Waals surface area (Å²) in [7, 11) is 0. The van der Waals surface area contributed by atoms with E-state index < -0.39 is 0 Å². The summed E-state index contributed by atoms with van der Waals surface area (Å²) in [6.07, 6.45) is 0.563. The van der Waals surface area contributed by atoms with Gasteiger partial charge >= 0.3 is 6.09 Å². The fourth-order valence-corrected chi connectivity index (χ4v) is 2.28.